The normalized spacial score (nSPS) is 12.1. The number of imidazole rings is 1. The van der Waals surface area contributed by atoms with E-state index >= 15 is 0 Å². The number of aromatic nitrogens is 2. The number of aryl methyl sites for hydroxylation is 1. The Bertz CT molecular complexity index is 592. The van der Waals surface area contributed by atoms with Crippen LogP contribution in [0.15, 0.2) is 36.5 Å². The summed E-state index contributed by atoms with van der Waals surface area (Å²) in [5.74, 6) is 0.948. The number of carbonyl (C=O) groups is 1. The van der Waals surface area contributed by atoms with Crippen molar-refractivity contribution in [3.05, 3.63) is 48.0 Å². The molecule has 0 saturated heterocycles. The van der Waals surface area contributed by atoms with Crippen LogP contribution in [-0.4, -0.2) is 28.0 Å². The molecule has 0 aliphatic rings. The summed E-state index contributed by atoms with van der Waals surface area (Å²) in [4.78, 5) is 16.1. The maximum Gasteiger partial charge on any atom is 0.236 e. The fraction of sp³-hybridized carbons (Fsp3) is 0.375. The van der Waals surface area contributed by atoms with E-state index in [1.54, 1.807) is 0 Å². The fourth-order valence-corrected chi connectivity index (χ4v) is 2.22. The van der Waals surface area contributed by atoms with Crippen molar-refractivity contribution in [1.29, 1.82) is 0 Å². The first-order valence-corrected chi connectivity index (χ1v) is 7.23. The lowest BCUT2D eigenvalue weighted by Gasteiger charge is -2.15. The van der Waals surface area contributed by atoms with Crippen LogP contribution in [0.3, 0.4) is 0 Å². The Morgan fingerprint density at radius 1 is 1.33 bits per heavy atom. The molecule has 0 spiro atoms. The Balaban J connectivity index is 2.10. The molecule has 1 heterocycles. The van der Waals surface area contributed by atoms with Gasteiger partial charge in [0.05, 0.1) is 17.9 Å². The molecule has 2 rings (SSSR count). The summed E-state index contributed by atoms with van der Waals surface area (Å²) < 4.78 is 2.09. The highest BCUT2D eigenvalue weighted by molar-refractivity contribution is 5.81. The molecule has 0 fully saturated rings. The molecule has 1 aromatic carbocycles. The first-order valence-electron chi connectivity index (χ1n) is 7.23. The average molecular weight is 286 g/mol. The second kappa shape index (κ2) is 7.04. The Morgan fingerprint density at radius 2 is 2.05 bits per heavy atom. The summed E-state index contributed by atoms with van der Waals surface area (Å²) in [6.07, 6.45) is 1.85. The zero-order chi connectivity index (χ0) is 15.2. The summed E-state index contributed by atoms with van der Waals surface area (Å²) in [5, 5.41) is 6.04. The minimum atomic E-state index is -0.232. The molecule has 0 radical (unpaired) electrons. The van der Waals surface area contributed by atoms with Crippen LogP contribution < -0.4 is 10.6 Å². The first-order chi connectivity index (χ1) is 10.1. The van der Waals surface area contributed by atoms with Gasteiger partial charge in [-0.25, -0.2) is 4.98 Å². The highest BCUT2D eigenvalue weighted by Crippen LogP contribution is 2.14. The number of amides is 1. The molecule has 0 aliphatic carbocycles. The number of nitrogens with zero attached hydrogens (tertiary/aromatic N) is 2. The van der Waals surface area contributed by atoms with Gasteiger partial charge in [0.2, 0.25) is 5.91 Å². The van der Waals surface area contributed by atoms with Crippen molar-refractivity contribution in [1.82, 2.24) is 20.2 Å². The molecule has 0 aliphatic heterocycles. The maximum absolute atomic E-state index is 11.7. The number of hydrogen-bond donors (Lipinski definition) is 2. The van der Waals surface area contributed by atoms with Gasteiger partial charge in [0.15, 0.2) is 0 Å². The minimum absolute atomic E-state index is 0.0139. The van der Waals surface area contributed by atoms with Crippen molar-refractivity contribution in [2.75, 3.05) is 6.54 Å². The molecule has 2 aromatic rings. The summed E-state index contributed by atoms with van der Waals surface area (Å²) in [6, 6.07) is 9.86. The van der Waals surface area contributed by atoms with Gasteiger partial charge >= 0.3 is 0 Å². The molecule has 1 amide bonds. The summed E-state index contributed by atoms with van der Waals surface area (Å²) in [7, 11) is 0. The van der Waals surface area contributed by atoms with Crippen LogP contribution in [0.25, 0.3) is 5.69 Å². The van der Waals surface area contributed by atoms with Crippen molar-refractivity contribution in [2.24, 2.45) is 0 Å². The van der Waals surface area contributed by atoms with Gasteiger partial charge in [0.25, 0.3) is 0 Å². The van der Waals surface area contributed by atoms with Crippen LogP contribution >= 0.6 is 0 Å². The number of likely N-dealkylation sites (N-methyl/N-ethyl adjacent to an activating group) is 1. The molecule has 2 N–H and O–H groups in total. The second-order valence-electron chi connectivity index (χ2n) is 4.96. The van der Waals surface area contributed by atoms with Crippen LogP contribution in [-0.2, 0) is 11.3 Å². The SMILES string of the molecule is CCNC(=O)C(C)NCc1cnc(C)n1-c1ccccc1. The topological polar surface area (TPSA) is 59.0 Å². The first kappa shape index (κ1) is 15.3. The van der Waals surface area contributed by atoms with E-state index in [2.05, 4.69) is 20.2 Å². The van der Waals surface area contributed by atoms with Gasteiger partial charge in [0.1, 0.15) is 5.82 Å². The van der Waals surface area contributed by atoms with Crippen LogP contribution in [0.2, 0.25) is 0 Å². The van der Waals surface area contributed by atoms with Crippen molar-refractivity contribution in [3.63, 3.8) is 0 Å². The monoisotopic (exact) mass is 286 g/mol. The van der Waals surface area contributed by atoms with Crippen LogP contribution in [0, 0.1) is 6.92 Å². The molecule has 5 heteroatoms. The average Bonchev–Trinajstić information content (AvgIpc) is 2.86. The van der Waals surface area contributed by atoms with E-state index in [1.165, 1.54) is 0 Å². The molecule has 1 atom stereocenters. The quantitative estimate of drug-likeness (QED) is 0.851. The standard InChI is InChI=1S/C16H22N4O/c1-4-17-16(21)12(2)18-10-15-11-19-13(3)20(15)14-8-6-5-7-9-14/h5-9,11-12,18H,4,10H2,1-3H3,(H,17,21). The highest BCUT2D eigenvalue weighted by Gasteiger charge is 2.13. The van der Waals surface area contributed by atoms with Gasteiger partial charge in [-0.15, -0.1) is 0 Å². The number of nitrogens with one attached hydrogen (secondary N) is 2. The molecule has 1 unspecified atom stereocenters. The van der Waals surface area contributed by atoms with E-state index in [9.17, 15) is 4.79 Å². The van der Waals surface area contributed by atoms with Gasteiger partial charge in [-0.2, -0.15) is 0 Å². The van der Waals surface area contributed by atoms with Crippen molar-refractivity contribution in [3.8, 4) is 5.69 Å². The van der Waals surface area contributed by atoms with E-state index in [-0.39, 0.29) is 11.9 Å². The number of benzene rings is 1. The van der Waals surface area contributed by atoms with Crippen molar-refractivity contribution in [2.45, 2.75) is 33.4 Å². The third-order valence-electron chi connectivity index (χ3n) is 3.36. The molecule has 0 bridgehead atoms. The van der Waals surface area contributed by atoms with E-state index < -0.39 is 0 Å². The minimum Gasteiger partial charge on any atom is -0.355 e. The molecule has 1 aromatic heterocycles. The predicted molar refractivity (Wildman–Crippen MR) is 83.3 cm³/mol. The molecular weight excluding hydrogens is 264 g/mol. The van der Waals surface area contributed by atoms with Crippen LogP contribution in [0.5, 0.6) is 0 Å². The lowest BCUT2D eigenvalue weighted by Crippen LogP contribution is -2.41. The molecule has 0 saturated carbocycles. The predicted octanol–water partition coefficient (Wildman–Crippen LogP) is 1.79. The largest absolute Gasteiger partial charge is 0.355 e. The third kappa shape index (κ3) is 3.70. The number of rotatable bonds is 6. The molecule has 112 valence electrons. The molecule has 5 nitrogen and oxygen atoms in total. The Kier molecular flexibility index (Phi) is 5.11. The number of carbonyl (C=O) groups excluding carboxylic acids is 1. The van der Waals surface area contributed by atoms with Crippen molar-refractivity contribution < 1.29 is 4.79 Å². The third-order valence-corrected chi connectivity index (χ3v) is 3.36. The van der Waals surface area contributed by atoms with E-state index in [0.717, 1.165) is 17.2 Å². The van der Waals surface area contributed by atoms with Gasteiger partial charge < -0.3 is 10.6 Å². The van der Waals surface area contributed by atoms with E-state index in [0.29, 0.717) is 13.1 Å². The number of hydrogen-bond acceptors (Lipinski definition) is 3. The molecule has 21 heavy (non-hydrogen) atoms. The Labute approximate surface area is 125 Å². The van der Waals surface area contributed by atoms with Gasteiger partial charge in [-0.3, -0.25) is 9.36 Å². The fourth-order valence-electron chi connectivity index (χ4n) is 2.22. The van der Waals surface area contributed by atoms with Gasteiger partial charge in [0, 0.05) is 18.8 Å². The Morgan fingerprint density at radius 3 is 2.71 bits per heavy atom. The van der Waals surface area contributed by atoms with E-state index in [1.807, 2.05) is 57.3 Å². The summed E-state index contributed by atoms with van der Waals surface area (Å²) in [6.45, 7) is 6.99. The maximum atomic E-state index is 11.7. The number of para-hydroxylation sites is 1. The second-order valence-corrected chi connectivity index (χ2v) is 4.96. The lowest BCUT2D eigenvalue weighted by molar-refractivity contribution is -0.122. The van der Waals surface area contributed by atoms with Gasteiger partial charge in [-0.05, 0) is 32.9 Å². The highest BCUT2D eigenvalue weighted by atomic mass is 16.2. The van der Waals surface area contributed by atoms with Crippen LogP contribution in [0.4, 0.5) is 0 Å². The molecular formula is C16H22N4O. The van der Waals surface area contributed by atoms with Crippen molar-refractivity contribution >= 4 is 5.91 Å². The van der Waals surface area contributed by atoms with Crippen LogP contribution in [0.1, 0.15) is 25.4 Å². The van der Waals surface area contributed by atoms with E-state index in [4.69, 9.17) is 0 Å². The Hall–Kier alpha value is -2.14. The van der Waals surface area contributed by atoms with Gasteiger partial charge in [-0.1, -0.05) is 18.2 Å². The lowest BCUT2D eigenvalue weighted by atomic mass is 10.2. The zero-order valence-corrected chi connectivity index (χ0v) is 12.8. The zero-order valence-electron chi connectivity index (χ0n) is 12.8. The smallest absolute Gasteiger partial charge is 0.236 e. The summed E-state index contributed by atoms with van der Waals surface area (Å²) >= 11 is 0. The summed E-state index contributed by atoms with van der Waals surface area (Å²) in [5.41, 5.74) is 2.12.